The molecule has 0 amide bonds. The molecule has 1 aromatic heterocycles. The van der Waals surface area contributed by atoms with Crippen molar-refractivity contribution in [3.8, 4) is 0 Å². The molecule has 1 fully saturated rings. The van der Waals surface area contributed by atoms with Crippen molar-refractivity contribution in [1.82, 2.24) is 9.97 Å². The van der Waals surface area contributed by atoms with Crippen molar-refractivity contribution in [2.45, 2.75) is 32.7 Å². The normalized spacial score (nSPS) is 17.9. The average Bonchev–Trinajstić information content (AvgIpc) is 2.82. The Hall–Kier alpha value is -0.830. The topological polar surface area (TPSA) is 37.8 Å². The van der Waals surface area contributed by atoms with E-state index in [9.17, 15) is 0 Å². The van der Waals surface area contributed by atoms with Crippen LogP contribution in [0.1, 0.15) is 25.5 Å². The van der Waals surface area contributed by atoms with Gasteiger partial charge in [-0.3, -0.25) is 0 Å². The van der Waals surface area contributed by atoms with E-state index in [2.05, 4.69) is 22.2 Å². The molecular weight excluding hydrogens is 198 g/mol. The van der Waals surface area contributed by atoms with Gasteiger partial charge in [0.05, 0.1) is 0 Å². The van der Waals surface area contributed by atoms with Gasteiger partial charge in [0.25, 0.3) is 0 Å². The number of nitrogens with zero attached hydrogens (tertiary/aromatic N) is 2. The quantitative estimate of drug-likeness (QED) is 0.782. The lowest BCUT2D eigenvalue weighted by atomic mass is 10.2. The highest BCUT2D eigenvalue weighted by Crippen LogP contribution is 2.33. The van der Waals surface area contributed by atoms with E-state index in [0.29, 0.717) is 11.3 Å². The summed E-state index contributed by atoms with van der Waals surface area (Å²) >= 11 is 5.77. The van der Waals surface area contributed by atoms with Crippen molar-refractivity contribution in [1.29, 1.82) is 0 Å². The zero-order valence-corrected chi connectivity index (χ0v) is 9.17. The van der Waals surface area contributed by atoms with Crippen LogP contribution in [0.2, 0.25) is 5.28 Å². The fourth-order valence-corrected chi connectivity index (χ4v) is 1.78. The molecule has 1 aromatic rings. The summed E-state index contributed by atoms with van der Waals surface area (Å²) in [5.41, 5.74) is 0.899. The Labute approximate surface area is 88.9 Å². The number of hydrogen-bond donors (Lipinski definition) is 1. The predicted molar refractivity (Wildman–Crippen MR) is 57.6 cm³/mol. The summed E-state index contributed by atoms with van der Waals surface area (Å²) in [7, 11) is 0. The highest BCUT2D eigenvalue weighted by atomic mass is 35.5. The lowest BCUT2D eigenvalue weighted by Gasteiger charge is -2.13. The van der Waals surface area contributed by atoms with Gasteiger partial charge in [0.15, 0.2) is 0 Å². The Morgan fingerprint density at radius 1 is 1.50 bits per heavy atom. The third-order valence-electron chi connectivity index (χ3n) is 2.53. The molecule has 0 bridgehead atoms. The molecule has 4 heteroatoms. The largest absolute Gasteiger partial charge is 0.367 e. The van der Waals surface area contributed by atoms with Crippen LogP contribution in [0.4, 0.5) is 5.82 Å². The van der Waals surface area contributed by atoms with Crippen LogP contribution in [0.3, 0.4) is 0 Å². The lowest BCUT2D eigenvalue weighted by Crippen LogP contribution is -2.18. The van der Waals surface area contributed by atoms with Crippen LogP contribution in [-0.2, 0) is 0 Å². The van der Waals surface area contributed by atoms with E-state index in [-0.39, 0.29) is 0 Å². The molecule has 76 valence electrons. The van der Waals surface area contributed by atoms with Crippen LogP contribution in [0, 0.1) is 12.8 Å². The van der Waals surface area contributed by atoms with Gasteiger partial charge in [-0.25, -0.2) is 9.97 Å². The van der Waals surface area contributed by atoms with Gasteiger partial charge in [-0.1, -0.05) is 0 Å². The molecule has 1 aliphatic rings. The maximum Gasteiger partial charge on any atom is 0.224 e. The number of aromatic nitrogens is 2. The summed E-state index contributed by atoms with van der Waals surface area (Å²) in [5, 5.41) is 3.67. The smallest absolute Gasteiger partial charge is 0.224 e. The van der Waals surface area contributed by atoms with Crippen LogP contribution in [-0.4, -0.2) is 16.0 Å². The van der Waals surface area contributed by atoms with Crippen molar-refractivity contribution in [2.24, 2.45) is 5.92 Å². The van der Waals surface area contributed by atoms with Crippen molar-refractivity contribution in [3.05, 3.63) is 17.0 Å². The van der Waals surface area contributed by atoms with Gasteiger partial charge in [0.2, 0.25) is 5.28 Å². The SMILES string of the molecule is Cc1cc(NC(C)C2CC2)nc(Cl)n1. The van der Waals surface area contributed by atoms with Crippen molar-refractivity contribution >= 4 is 17.4 Å². The molecule has 1 unspecified atom stereocenters. The number of nitrogens with one attached hydrogen (secondary N) is 1. The summed E-state index contributed by atoms with van der Waals surface area (Å²) in [6.45, 7) is 4.10. The Bertz CT molecular complexity index is 316. The van der Waals surface area contributed by atoms with Crippen molar-refractivity contribution in [2.75, 3.05) is 5.32 Å². The summed E-state index contributed by atoms with van der Waals surface area (Å²) in [6, 6.07) is 2.41. The first-order valence-corrected chi connectivity index (χ1v) is 5.30. The Kier molecular flexibility index (Phi) is 2.59. The van der Waals surface area contributed by atoms with E-state index in [1.165, 1.54) is 12.8 Å². The number of rotatable bonds is 3. The molecule has 0 radical (unpaired) electrons. The fraction of sp³-hybridized carbons (Fsp3) is 0.600. The van der Waals surface area contributed by atoms with E-state index in [1.54, 1.807) is 0 Å². The summed E-state index contributed by atoms with van der Waals surface area (Å²) in [4.78, 5) is 8.14. The molecule has 0 aromatic carbocycles. The van der Waals surface area contributed by atoms with Gasteiger partial charge in [-0.05, 0) is 44.2 Å². The monoisotopic (exact) mass is 211 g/mol. The second-order valence-corrected chi connectivity index (χ2v) is 4.27. The molecule has 0 spiro atoms. The first-order valence-electron chi connectivity index (χ1n) is 4.93. The van der Waals surface area contributed by atoms with Crippen LogP contribution in [0.15, 0.2) is 6.07 Å². The minimum absolute atomic E-state index is 0.315. The average molecular weight is 212 g/mol. The number of hydrogen-bond acceptors (Lipinski definition) is 3. The molecule has 0 aliphatic heterocycles. The second kappa shape index (κ2) is 3.73. The lowest BCUT2D eigenvalue weighted by molar-refractivity contribution is 0.690. The van der Waals surface area contributed by atoms with Gasteiger partial charge >= 0.3 is 0 Å². The Morgan fingerprint density at radius 2 is 2.21 bits per heavy atom. The van der Waals surface area contributed by atoms with E-state index in [0.717, 1.165) is 17.4 Å². The third kappa shape index (κ3) is 2.35. The summed E-state index contributed by atoms with van der Waals surface area (Å²) in [5.74, 6) is 1.64. The molecular formula is C10H14ClN3. The van der Waals surface area contributed by atoms with E-state index >= 15 is 0 Å². The van der Waals surface area contributed by atoms with Gasteiger partial charge in [0.1, 0.15) is 5.82 Å². The van der Waals surface area contributed by atoms with Crippen LogP contribution in [0.25, 0.3) is 0 Å². The van der Waals surface area contributed by atoms with Gasteiger partial charge in [-0.2, -0.15) is 0 Å². The molecule has 1 atom stereocenters. The molecule has 1 N–H and O–H groups in total. The minimum Gasteiger partial charge on any atom is -0.367 e. The summed E-state index contributed by atoms with van der Waals surface area (Å²) < 4.78 is 0. The van der Waals surface area contributed by atoms with Crippen molar-refractivity contribution < 1.29 is 0 Å². The molecule has 1 heterocycles. The van der Waals surface area contributed by atoms with Crippen molar-refractivity contribution in [3.63, 3.8) is 0 Å². The number of halogens is 1. The molecule has 1 saturated carbocycles. The zero-order valence-electron chi connectivity index (χ0n) is 8.42. The van der Waals surface area contributed by atoms with E-state index < -0.39 is 0 Å². The minimum atomic E-state index is 0.315. The van der Waals surface area contributed by atoms with Crippen LogP contribution in [0.5, 0.6) is 0 Å². The van der Waals surface area contributed by atoms with Crippen LogP contribution < -0.4 is 5.32 Å². The molecule has 14 heavy (non-hydrogen) atoms. The molecule has 3 nitrogen and oxygen atoms in total. The Balaban J connectivity index is 2.07. The first kappa shape index (κ1) is 9.71. The maximum atomic E-state index is 5.77. The second-order valence-electron chi connectivity index (χ2n) is 3.93. The van der Waals surface area contributed by atoms with Gasteiger partial charge in [0, 0.05) is 17.8 Å². The zero-order chi connectivity index (χ0) is 10.1. The fourth-order valence-electron chi connectivity index (χ4n) is 1.55. The predicted octanol–water partition coefficient (Wildman–Crippen LogP) is 2.65. The molecule has 2 rings (SSSR count). The van der Waals surface area contributed by atoms with E-state index in [1.807, 2.05) is 13.0 Å². The summed E-state index contributed by atoms with van der Waals surface area (Å²) in [6.07, 6.45) is 2.65. The third-order valence-corrected chi connectivity index (χ3v) is 2.70. The first-order chi connectivity index (χ1) is 6.65. The number of aryl methyl sites for hydroxylation is 1. The highest BCUT2D eigenvalue weighted by molar-refractivity contribution is 6.28. The molecule has 0 saturated heterocycles. The Morgan fingerprint density at radius 3 is 2.79 bits per heavy atom. The molecule has 1 aliphatic carbocycles. The number of anilines is 1. The van der Waals surface area contributed by atoms with Crippen LogP contribution >= 0.6 is 11.6 Å². The van der Waals surface area contributed by atoms with E-state index in [4.69, 9.17) is 11.6 Å². The standard InChI is InChI=1S/C10H14ClN3/c1-6-5-9(14-10(11)12-6)13-7(2)8-3-4-8/h5,7-8H,3-4H2,1-2H3,(H,12,13,14). The highest BCUT2D eigenvalue weighted by Gasteiger charge is 2.27. The van der Waals surface area contributed by atoms with Gasteiger partial charge in [-0.15, -0.1) is 0 Å². The maximum absolute atomic E-state index is 5.77. The van der Waals surface area contributed by atoms with Gasteiger partial charge < -0.3 is 5.32 Å².